The summed E-state index contributed by atoms with van der Waals surface area (Å²) >= 11 is 0. The zero-order valence-corrected chi connectivity index (χ0v) is 14.9. The number of hydrogen-bond donors (Lipinski definition) is 2. The minimum atomic E-state index is -1.76. The van der Waals surface area contributed by atoms with Gasteiger partial charge in [-0.1, -0.05) is 18.5 Å². The molecular formula is C15H21N5O7. The van der Waals surface area contributed by atoms with E-state index < -0.39 is 42.1 Å². The molecule has 12 heteroatoms. The van der Waals surface area contributed by atoms with Gasteiger partial charge in [0.2, 0.25) is 6.29 Å². The second-order valence-electron chi connectivity index (χ2n) is 6.00. The summed E-state index contributed by atoms with van der Waals surface area (Å²) in [5.74, 6) is 0. The fourth-order valence-electron chi connectivity index (χ4n) is 2.58. The SMILES string of the molecule is CCCCOC(=O)OC(O)[C@H]1O[C@@H](n2cc(C)c(=O)[nH]c2=O)CC1N=[N+]=[N-]. The lowest BCUT2D eigenvalue weighted by Crippen LogP contribution is -2.38. The van der Waals surface area contributed by atoms with Crippen LogP contribution in [0.25, 0.3) is 10.4 Å². The first-order valence-corrected chi connectivity index (χ1v) is 8.40. The summed E-state index contributed by atoms with van der Waals surface area (Å²) < 4.78 is 16.2. The van der Waals surface area contributed by atoms with E-state index in [1.807, 2.05) is 6.92 Å². The highest BCUT2D eigenvalue weighted by Crippen LogP contribution is 2.32. The van der Waals surface area contributed by atoms with Crippen LogP contribution in [0.15, 0.2) is 20.9 Å². The van der Waals surface area contributed by atoms with E-state index in [1.165, 1.54) is 13.1 Å². The third kappa shape index (κ3) is 5.09. The van der Waals surface area contributed by atoms with Crippen molar-refractivity contribution in [2.45, 2.75) is 57.8 Å². The molecule has 0 aromatic carbocycles. The van der Waals surface area contributed by atoms with E-state index in [2.05, 4.69) is 15.0 Å². The first-order chi connectivity index (χ1) is 12.9. The van der Waals surface area contributed by atoms with E-state index in [9.17, 15) is 19.5 Å². The number of aromatic amines is 1. The normalized spacial score (nSPS) is 22.7. The van der Waals surface area contributed by atoms with Crippen molar-refractivity contribution in [1.82, 2.24) is 9.55 Å². The average Bonchev–Trinajstić information content (AvgIpc) is 3.02. The molecule has 1 saturated heterocycles. The quantitative estimate of drug-likeness (QED) is 0.177. The molecule has 1 aliphatic heterocycles. The Labute approximate surface area is 153 Å². The molecule has 0 radical (unpaired) electrons. The van der Waals surface area contributed by atoms with Crippen LogP contribution in [0, 0.1) is 6.92 Å². The zero-order valence-electron chi connectivity index (χ0n) is 14.9. The van der Waals surface area contributed by atoms with Gasteiger partial charge in [-0.15, -0.1) is 0 Å². The Morgan fingerprint density at radius 3 is 3.00 bits per heavy atom. The fourth-order valence-corrected chi connectivity index (χ4v) is 2.58. The number of aliphatic hydroxyl groups excluding tert-OH is 1. The highest BCUT2D eigenvalue weighted by molar-refractivity contribution is 5.60. The Morgan fingerprint density at radius 1 is 1.59 bits per heavy atom. The zero-order chi connectivity index (χ0) is 20.0. The molecule has 1 aliphatic rings. The third-order valence-electron chi connectivity index (χ3n) is 4.01. The number of nitrogens with zero attached hydrogens (tertiary/aromatic N) is 4. The van der Waals surface area contributed by atoms with Gasteiger partial charge in [0.25, 0.3) is 5.56 Å². The van der Waals surface area contributed by atoms with Gasteiger partial charge < -0.3 is 19.3 Å². The van der Waals surface area contributed by atoms with Crippen molar-refractivity contribution >= 4 is 6.16 Å². The highest BCUT2D eigenvalue weighted by atomic mass is 16.8. The van der Waals surface area contributed by atoms with Crippen LogP contribution < -0.4 is 11.2 Å². The smallest absolute Gasteiger partial charge is 0.434 e. The summed E-state index contributed by atoms with van der Waals surface area (Å²) in [6.07, 6.45) is -2.19. The number of ether oxygens (including phenoxy) is 3. The van der Waals surface area contributed by atoms with Crippen LogP contribution in [0.5, 0.6) is 0 Å². The van der Waals surface area contributed by atoms with Gasteiger partial charge in [0.1, 0.15) is 12.3 Å². The molecule has 27 heavy (non-hydrogen) atoms. The standard InChI is InChI=1S/C15H21N5O7/c1-3-4-5-25-15(24)27-13(22)11-9(18-19-16)6-10(26-11)20-7-8(2)12(21)17-14(20)23/h7,9-11,13,22H,3-6H2,1-2H3,(H,17,21,23)/t9?,10-,11+,13?/m1/s1. The summed E-state index contributed by atoms with van der Waals surface area (Å²) in [6.45, 7) is 3.57. The number of azide groups is 1. The molecule has 2 unspecified atom stereocenters. The van der Waals surface area contributed by atoms with Crippen LogP contribution in [0.3, 0.4) is 0 Å². The van der Waals surface area contributed by atoms with E-state index in [0.717, 1.165) is 11.0 Å². The van der Waals surface area contributed by atoms with Crippen molar-refractivity contribution in [3.8, 4) is 0 Å². The van der Waals surface area contributed by atoms with Gasteiger partial charge in [-0.2, -0.15) is 0 Å². The van der Waals surface area contributed by atoms with Crippen LogP contribution in [-0.4, -0.2) is 45.9 Å². The van der Waals surface area contributed by atoms with E-state index in [0.29, 0.717) is 6.42 Å². The molecule has 4 atom stereocenters. The van der Waals surface area contributed by atoms with Gasteiger partial charge in [-0.25, -0.2) is 9.59 Å². The molecule has 1 aromatic rings. The number of hydrogen-bond acceptors (Lipinski definition) is 8. The van der Waals surface area contributed by atoms with Gasteiger partial charge in [-0.3, -0.25) is 14.3 Å². The predicted octanol–water partition coefficient (Wildman–Crippen LogP) is 1.08. The molecule has 148 valence electrons. The molecule has 0 spiro atoms. The number of unbranched alkanes of at least 4 members (excludes halogenated alkanes) is 1. The van der Waals surface area contributed by atoms with Gasteiger partial charge in [-0.05, 0) is 18.9 Å². The summed E-state index contributed by atoms with van der Waals surface area (Å²) in [5.41, 5.74) is 7.74. The van der Waals surface area contributed by atoms with Crippen molar-refractivity contribution in [2.75, 3.05) is 6.61 Å². The molecule has 2 heterocycles. The van der Waals surface area contributed by atoms with E-state index in [4.69, 9.17) is 19.7 Å². The van der Waals surface area contributed by atoms with Gasteiger partial charge in [0.05, 0.1) is 12.6 Å². The van der Waals surface area contributed by atoms with Crippen molar-refractivity contribution in [1.29, 1.82) is 0 Å². The first-order valence-electron chi connectivity index (χ1n) is 8.40. The average molecular weight is 383 g/mol. The van der Waals surface area contributed by atoms with E-state index in [1.54, 1.807) is 0 Å². The molecule has 0 saturated carbocycles. The minimum Gasteiger partial charge on any atom is -0.434 e. The summed E-state index contributed by atoms with van der Waals surface area (Å²) in [5, 5.41) is 13.7. The molecule has 0 aliphatic carbocycles. The largest absolute Gasteiger partial charge is 0.510 e. The van der Waals surface area contributed by atoms with Crippen molar-refractivity contribution in [2.24, 2.45) is 5.11 Å². The lowest BCUT2D eigenvalue weighted by atomic mass is 10.1. The predicted molar refractivity (Wildman–Crippen MR) is 90.9 cm³/mol. The number of H-pyrrole nitrogens is 1. The maximum absolute atomic E-state index is 12.0. The van der Waals surface area contributed by atoms with Crippen LogP contribution >= 0.6 is 0 Å². The summed E-state index contributed by atoms with van der Waals surface area (Å²) in [6, 6.07) is -0.905. The van der Waals surface area contributed by atoms with Gasteiger partial charge in [0, 0.05) is 23.1 Å². The number of aryl methyl sites for hydroxylation is 1. The Hall–Kier alpha value is -2.82. The van der Waals surface area contributed by atoms with Crippen LogP contribution in [0.1, 0.15) is 38.0 Å². The van der Waals surface area contributed by atoms with Crippen molar-refractivity contribution < 1.29 is 24.1 Å². The number of aromatic nitrogens is 2. The molecule has 2 N–H and O–H groups in total. The second-order valence-corrected chi connectivity index (χ2v) is 6.00. The maximum Gasteiger partial charge on any atom is 0.510 e. The molecule has 0 bridgehead atoms. The molecule has 0 amide bonds. The number of aliphatic hydroxyl groups is 1. The Morgan fingerprint density at radius 2 is 2.33 bits per heavy atom. The lowest BCUT2D eigenvalue weighted by molar-refractivity contribution is -0.165. The molecule has 12 nitrogen and oxygen atoms in total. The molecule has 2 rings (SSSR count). The Balaban J connectivity index is 2.13. The number of nitrogens with one attached hydrogen (secondary N) is 1. The number of carbonyl (C=O) groups is 1. The monoisotopic (exact) mass is 383 g/mol. The van der Waals surface area contributed by atoms with Crippen LogP contribution in [0.2, 0.25) is 0 Å². The van der Waals surface area contributed by atoms with Gasteiger partial charge in [0.15, 0.2) is 0 Å². The van der Waals surface area contributed by atoms with Crippen molar-refractivity contribution in [3.05, 3.63) is 43.0 Å². The summed E-state index contributed by atoms with van der Waals surface area (Å²) in [4.78, 5) is 39.9. The molecular weight excluding hydrogens is 362 g/mol. The highest BCUT2D eigenvalue weighted by Gasteiger charge is 2.42. The topological polar surface area (TPSA) is 169 Å². The lowest BCUT2D eigenvalue weighted by Gasteiger charge is -2.21. The summed E-state index contributed by atoms with van der Waals surface area (Å²) in [7, 11) is 0. The van der Waals surface area contributed by atoms with E-state index >= 15 is 0 Å². The van der Waals surface area contributed by atoms with Crippen LogP contribution in [-0.2, 0) is 14.2 Å². The second kappa shape index (κ2) is 9.21. The maximum atomic E-state index is 12.0. The first kappa shape index (κ1) is 20.5. The Bertz CT molecular complexity index is 829. The van der Waals surface area contributed by atoms with Gasteiger partial charge >= 0.3 is 11.8 Å². The molecule has 1 aromatic heterocycles. The molecule has 1 fully saturated rings. The minimum absolute atomic E-state index is 0.0332. The van der Waals surface area contributed by atoms with E-state index in [-0.39, 0.29) is 18.6 Å². The number of carbonyl (C=O) groups excluding carboxylic acids is 1. The fraction of sp³-hybridized carbons (Fsp3) is 0.667. The van der Waals surface area contributed by atoms with Crippen molar-refractivity contribution in [3.63, 3.8) is 0 Å². The number of rotatable bonds is 7. The Kier molecular flexibility index (Phi) is 6.99. The third-order valence-corrected chi connectivity index (χ3v) is 4.01. The van der Waals surface area contributed by atoms with Crippen LogP contribution in [0.4, 0.5) is 4.79 Å².